The molecule has 2 aromatic carbocycles. The zero-order valence-electron chi connectivity index (χ0n) is 14.3. The maximum atomic E-state index is 12.9. The van der Waals surface area contributed by atoms with E-state index < -0.39 is 36.1 Å². The Labute approximate surface area is 177 Å². The van der Waals surface area contributed by atoms with E-state index in [0.717, 1.165) is 0 Å². The SMILES string of the molecule is O=C(O)CCc1cc(Br)c(OCc2cc(C(F)(F)F)cc(C(F)(F)F)c2)c(Br)c1. The van der Waals surface area contributed by atoms with Crippen molar-refractivity contribution in [3.8, 4) is 5.75 Å². The van der Waals surface area contributed by atoms with Crippen LogP contribution in [0.5, 0.6) is 5.75 Å². The molecule has 0 unspecified atom stereocenters. The van der Waals surface area contributed by atoms with Crippen LogP contribution in [0.4, 0.5) is 26.3 Å². The highest BCUT2D eigenvalue weighted by Gasteiger charge is 2.36. The molecule has 0 saturated carbocycles. The molecule has 0 aliphatic heterocycles. The number of hydrogen-bond acceptors (Lipinski definition) is 2. The van der Waals surface area contributed by atoms with Crippen LogP contribution in [0.25, 0.3) is 0 Å². The highest BCUT2D eigenvalue weighted by atomic mass is 79.9. The molecule has 0 bridgehead atoms. The Morgan fingerprint density at radius 2 is 1.34 bits per heavy atom. The summed E-state index contributed by atoms with van der Waals surface area (Å²) in [4.78, 5) is 10.7. The number of carboxylic acids is 1. The molecule has 0 fully saturated rings. The Morgan fingerprint density at radius 1 is 0.862 bits per heavy atom. The molecule has 0 spiro atoms. The molecule has 11 heteroatoms. The third-order valence-electron chi connectivity index (χ3n) is 3.72. The number of rotatable bonds is 6. The maximum absolute atomic E-state index is 12.9. The minimum Gasteiger partial charge on any atom is -0.487 e. The molecule has 0 aromatic heterocycles. The number of carboxylic acid groups (broad SMARTS) is 1. The Kier molecular flexibility index (Phi) is 7.26. The number of hydrogen-bond donors (Lipinski definition) is 1. The fourth-order valence-electron chi connectivity index (χ4n) is 2.40. The van der Waals surface area contributed by atoms with E-state index >= 15 is 0 Å². The summed E-state index contributed by atoms with van der Waals surface area (Å²) in [6, 6.07) is 4.37. The van der Waals surface area contributed by atoms with Crippen LogP contribution in [0.2, 0.25) is 0 Å². The summed E-state index contributed by atoms with van der Waals surface area (Å²) in [6.07, 6.45) is -9.76. The van der Waals surface area contributed by atoms with Crippen LogP contribution < -0.4 is 4.74 Å². The minimum atomic E-state index is -4.94. The molecular formula is C18H12Br2F6O3. The number of benzene rings is 2. The fourth-order valence-corrected chi connectivity index (χ4v) is 3.91. The first-order chi connectivity index (χ1) is 13.3. The van der Waals surface area contributed by atoms with Gasteiger partial charge in [-0.3, -0.25) is 4.79 Å². The predicted molar refractivity (Wildman–Crippen MR) is 98.6 cm³/mol. The van der Waals surface area contributed by atoms with Crippen molar-refractivity contribution in [1.29, 1.82) is 0 Å². The third-order valence-corrected chi connectivity index (χ3v) is 4.89. The highest BCUT2D eigenvalue weighted by molar-refractivity contribution is 9.11. The molecule has 3 nitrogen and oxygen atoms in total. The Balaban J connectivity index is 2.28. The van der Waals surface area contributed by atoms with Crippen molar-refractivity contribution in [1.82, 2.24) is 0 Å². The summed E-state index contributed by atoms with van der Waals surface area (Å²) in [5.41, 5.74) is -2.50. The number of aryl methyl sites for hydroxylation is 1. The standard InChI is InChI=1S/C18H12Br2F6O3/c19-13-5-9(1-2-15(27)28)6-14(20)16(13)29-8-10-3-11(17(21,22)23)7-12(4-10)18(24,25)26/h3-7H,1-2,8H2,(H,27,28). The Bertz CT molecular complexity index is 854. The van der Waals surface area contributed by atoms with Crippen molar-refractivity contribution in [2.75, 3.05) is 0 Å². The van der Waals surface area contributed by atoms with E-state index in [1.165, 1.54) is 0 Å². The van der Waals surface area contributed by atoms with E-state index in [-0.39, 0.29) is 30.2 Å². The van der Waals surface area contributed by atoms with Gasteiger partial charge in [-0.1, -0.05) is 0 Å². The van der Waals surface area contributed by atoms with Gasteiger partial charge in [0.2, 0.25) is 0 Å². The first kappa shape index (κ1) is 23.5. The smallest absolute Gasteiger partial charge is 0.416 e. The topological polar surface area (TPSA) is 46.5 Å². The van der Waals surface area contributed by atoms with Gasteiger partial charge in [-0.2, -0.15) is 26.3 Å². The van der Waals surface area contributed by atoms with Gasteiger partial charge in [0.05, 0.1) is 20.1 Å². The molecule has 0 atom stereocenters. The number of halogens is 8. The monoisotopic (exact) mass is 548 g/mol. The molecule has 0 heterocycles. The first-order valence-corrected chi connectivity index (χ1v) is 9.47. The van der Waals surface area contributed by atoms with E-state index in [4.69, 9.17) is 9.84 Å². The molecule has 0 aliphatic rings. The van der Waals surface area contributed by atoms with Gasteiger partial charge >= 0.3 is 18.3 Å². The van der Waals surface area contributed by atoms with Crippen molar-refractivity contribution in [2.45, 2.75) is 31.8 Å². The lowest BCUT2D eigenvalue weighted by Crippen LogP contribution is -2.12. The van der Waals surface area contributed by atoms with Gasteiger partial charge in [0.1, 0.15) is 12.4 Å². The molecule has 0 aliphatic carbocycles. The van der Waals surface area contributed by atoms with Gasteiger partial charge in [-0.25, -0.2) is 0 Å². The molecule has 0 amide bonds. The molecule has 158 valence electrons. The second-order valence-corrected chi connectivity index (χ2v) is 7.69. The molecular weight excluding hydrogens is 538 g/mol. The lowest BCUT2D eigenvalue weighted by Gasteiger charge is -2.16. The van der Waals surface area contributed by atoms with Crippen molar-refractivity contribution in [3.05, 3.63) is 61.5 Å². The maximum Gasteiger partial charge on any atom is 0.416 e. The van der Waals surface area contributed by atoms with Crippen LogP contribution in [0.15, 0.2) is 39.3 Å². The van der Waals surface area contributed by atoms with Gasteiger partial charge < -0.3 is 9.84 Å². The first-order valence-electron chi connectivity index (χ1n) is 7.88. The lowest BCUT2D eigenvalue weighted by molar-refractivity contribution is -0.143. The average molecular weight is 550 g/mol. The van der Waals surface area contributed by atoms with Crippen LogP contribution in [0.3, 0.4) is 0 Å². The van der Waals surface area contributed by atoms with E-state index in [9.17, 15) is 31.1 Å². The summed E-state index contributed by atoms with van der Waals surface area (Å²) in [7, 11) is 0. The number of aliphatic carboxylic acids is 1. The van der Waals surface area contributed by atoms with Crippen LogP contribution >= 0.6 is 31.9 Å². The second kappa shape index (κ2) is 8.95. The lowest BCUT2D eigenvalue weighted by atomic mass is 10.1. The quantitative estimate of drug-likeness (QED) is 0.401. The van der Waals surface area contributed by atoms with Gasteiger partial charge in [0.25, 0.3) is 0 Å². The van der Waals surface area contributed by atoms with E-state index in [2.05, 4.69) is 31.9 Å². The van der Waals surface area contributed by atoms with Crippen LogP contribution in [0, 0.1) is 0 Å². The minimum absolute atomic E-state index is 0.0482. The summed E-state index contributed by atoms with van der Waals surface area (Å²) < 4.78 is 83.8. The number of alkyl halides is 6. The van der Waals surface area contributed by atoms with Crippen LogP contribution in [-0.4, -0.2) is 11.1 Å². The Hall–Kier alpha value is -1.75. The van der Waals surface area contributed by atoms with Gasteiger partial charge in [-0.05, 0) is 79.7 Å². The van der Waals surface area contributed by atoms with E-state index in [1.807, 2.05) is 0 Å². The summed E-state index contributed by atoms with van der Waals surface area (Å²) in [6.45, 7) is -0.543. The van der Waals surface area contributed by atoms with Crippen molar-refractivity contribution >= 4 is 37.8 Å². The molecule has 1 N–H and O–H groups in total. The van der Waals surface area contributed by atoms with Gasteiger partial charge in [-0.15, -0.1) is 0 Å². The zero-order chi connectivity index (χ0) is 22.0. The number of ether oxygens (including phenoxy) is 1. The summed E-state index contributed by atoms with van der Waals surface area (Å²) >= 11 is 6.42. The van der Waals surface area contributed by atoms with Gasteiger partial charge in [0.15, 0.2) is 0 Å². The van der Waals surface area contributed by atoms with Crippen LogP contribution in [-0.2, 0) is 30.2 Å². The van der Waals surface area contributed by atoms with Crippen molar-refractivity contribution < 1.29 is 41.0 Å². The summed E-state index contributed by atoms with van der Waals surface area (Å²) in [5, 5.41) is 8.73. The second-order valence-electron chi connectivity index (χ2n) is 5.99. The normalized spacial score (nSPS) is 12.1. The number of carbonyl (C=O) groups is 1. The molecule has 2 rings (SSSR count). The highest BCUT2D eigenvalue weighted by Crippen LogP contribution is 2.38. The van der Waals surface area contributed by atoms with Gasteiger partial charge in [0, 0.05) is 6.42 Å². The third kappa shape index (κ3) is 6.63. The average Bonchev–Trinajstić information content (AvgIpc) is 2.57. The van der Waals surface area contributed by atoms with Crippen LogP contribution in [0.1, 0.15) is 28.7 Å². The van der Waals surface area contributed by atoms with E-state index in [0.29, 0.717) is 26.6 Å². The fraction of sp³-hybridized carbons (Fsp3) is 0.278. The van der Waals surface area contributed by atoms with Crippen molar-refractivity contribution in [3.63, 3.8) is 0 Å². The predicted octanol–water partition coefficient (Wildman–Crippen LogP) is 6.85. The molecule has 2 aromatic rings. The largest absolute Gasteiger partial charge is 0.487 e. The molecule has 0 radical (unpaired) electrons. The molecule has 29 heavy (non-hydrogen) atoms. The molecule has 0 saturated heterocycles. The summed E-state index contributed by atoms with van der Waals surface area (Å²) in [5.74, 6) is -0.822. The zero-order valence-corrected chi connectivity index (χ0v) is 17.5. The van der Waals surface area contributed by atoms with E-state index in [1.54, 1.807) is 12.1 Å². The van der Waals surface area contributed by atoms with Crippen molar-refractivity contribution in [2.24, 2.45) is 0 Å². The Morgan fingerprint density at radius 3 is 1.76 bits per heavy atom.